The second-order valence-electron chi connectivity index (χ2n) is 4.39. The molecule has 0 amide bonds. The fourth-order valence-electron chi connectivity index (χ4n) is 0.906. The minimum absolute atomic E-state index is 0.169. The van der Waals surface area contributed by atoms with Gasteiger partial charge in [0.05, 0.1) is 12.3 Å². The zero-order valence-electron chi connectivity index (χ0n) is 8.50. The molecule has 2 heteroatoms. The third kappa shape index (κ3) is 3.36. The Balaban J connectivity index is 2.60. The molecule has 13 heavy (non-hydrogen) atoms. The van der Waals surface area contributed by atoms with Crippen LogP contribution in [0.5, 0.6) is 5.75 Å². The molecule has 1 rings (SSSR count). The largest absolute Gasteiger partial charge is 0.491 e. The van der Waals surface area contributed by atoms with Gasteiger partial charge in [0.1, 0.15) is 5.75 Å². The molecule has 0 saturated heterocycles. The predicted octanol–water partition coefficient (Wildman–Crippen LogP) is 2.69. The summed E-state index contributed by atoms with van der Waals surface area (Å²) in [4.78, 5) is 0. The summed E-state index contributed by atoms with van der Waals surface area (Å²) in [6.07, 6.45) is 0. The lowest BCUT2D eigenvalue weighted by molar-refractivity contribution is 0.199. The summed E-state index contributed by atoms with van der Waals surface area (Å²) in [5, 5.41) is 0. The Hall–Kier alpha value is -1.18. The highest BCUT2D eigenvalue weighted by molar-refractivity contribution is 5.51. The molecule has 0 spiro atoms. The van der Waals surface area contributed by atoms with Crippen LogP contribution in [0.2, 0.25) is 0 Å². The second kappa shape index (κ2) is 3.69. The van der Waals surface area contributed by atoms with Gasteiger partial charge in [-0.05, 0) is 17.5 Å². The molecule has 0 unspecified atom stereocenters. The van der Waals surface area contributed by atoms with E-state index in [1.807, 2.05) is 24.3 Å². The first-order chi connectivity index (χ1) is 5.99. The topological polar surface area (TPSA) is 35.2 Å². The van der Waals surface area contributed by atoms with E-state index in [0.717, 1.165) is 5.75 Å². The first kappa shape index (κ1) is 9.90. The molecule has 0 aliphatic rings. The number of hydrogen-bond acceptors (Lipinski definition) is 2. The number of nitrogens with two attached hydrogens (primary N) is 1. The molecule has 0 radical (unpaired) electrons. The lowest BCUT2D eigenvalue weighted by Gasteiger charge is -2.19. The lowest BCUT2D eigenvalue weighted by Crippen LogP contribution is -2.17. The number of rotatable bonds is 2. The molecule has 1 aromatic carbocycles. The summed E-state index contributed by atoms with van der Waals surface area (Å²) in [5.74, 6) is 0.775. The zero-order valence-corrected chi connectivity index (χ0v) is 8.50. The van der Waals surface area contributed by atoms with Crippen LogP contribution in [0.15, 0.2) is 24.3 Å². The smallest absolute Gasteiger partial charge is 0.142 e. The molecule has 0 atom stereocenters. The molecule has 0 heterocycles. The first-order valence-corrected chi connectivity index (χ1v) is 4.46. The summed E-state index contributed by atoms with van der Waals surface area (Å²) in [6, 6.07) is 7.56. The van der Waals surface area contributed by atoms with Crippen LogP contribution in [0.4, 0.5) is 5.69 Å². The molecule has 2 nitrogen and oxygen atoms in total. The van der Waals surface area contributed by atoms with Crippen molar-refractivity contribution in [3.05, 3.63) is 24.3 Å². The van der Waals surface area contributed by atoms with Crippen LogP contribution in [0, 0.1) is 5.41 Å². The number of hydrogen-bond donors (Lipinski definition) is 1. The fourth-order valence-corrected chi connectivity index (χ4v) is 0.906. The molecule has 0 saturated carbocycles. The minimum Gasteiger partial charge on any atom is -0.491 e. The van der Waals surface area contributed by atoms with E-state index in [0.29, 0.717) is 12.3 Å². The van der Waals surface area contributed by atoms with Crippen LogP contribution >= 0.6 is 0 Å². The highest BCUT2D eigenvalue weighted by atomic mass is 16.5. The van der Waals surface area contributed by atoms with Crippen LogP contribution in [0.1, 0.15) is 20.8 Å². The van der Waals surface area contributed by atoms with E-state index in [9.17, 15) is 0 Å². The van der Waals surface area contributed by atoms with Crippen LogP contribution < -0.4 is 10.5 Å². The van der Waals surface area contributed by atoms with Crippen LogP contribution in [0.25, 0.3) is 0 Å². The van der Waals surface area contributed by atoms with Crippen molar-refractivity contribution in [3.63, 3.8) is 0 Å². The molecule has 72 valence electrons. The zero-order chi connectivity index (χ0) is 9.90. The van der Waals surface area contributed by atoms with Crippen LogP contribution in [0.3, 0.4) is 0 Å². The Kier molecular flexibility index (Phi) is 2.81. The third-order valence-corrected chi connectivity index (χ3v) is 1.58. The number of nitrogen functional groups attached to an aromatic ring is 1. The summed E-state index contributed by atoms with van der Waals surface area (Å²) in [5.41, 5.74) is 6.59. The molecule has 0 bridgehead atoms. The van der Waals surface area contributed by atoms with Crippen molar-refractivity contribution in [2.75, 3.05) is 12.3 Å². The van der Waals surface area contributed by atoms with E-state index in [1.165, 1.54) is 0 Å². The maximum atomic E-state index is 5.72. The van der Waals surface area contributed by atoms with Gasteiger partial charge in [0.2, 0.25) is 0 Å². The average molecular weight is 179 g/mol. The van der Waals surface area contributed by atoms with Crippen molar-refractivity contribution < 1.29 is 4.74 Å². The Labute approximate surface area is 79.7 Å². The Morgan fingerprint density at radius 1 is 1.23 bits per heavy atom. The molecular weight excluding hydrogens is 162 g/mol. The molecular formula is C11H17NO. The quantitative estimate of drug-likeness (QED) is 0.708. The molecule has 0 fully saturated rings. The third-order valence-electron chi connectivity index (χ3n) is 1.58. The summed E-state index contributed by atoms with van der Waals surface area (Å²) >= 11 is 0. The number of ether oxygens (including phenoxy) is 1. The van der Waals surface area contributed by atoms with Gasteiger partial charge in [-0.15, -0.1) is 0 Å². The Bertz CT molecular complexity index is 276. The normalized spacial score (nSPS) is 11.3. The van der Waals surface area contributed by atoms with Crippen molar-refractivity contribution in [3.8, 4) is 5.75 Å². The molecule has 0 aliphatic carbocycles. The van der Waals surface area contributed by atoms with Gasteiger partial charge in [0.25, 0.3) is 0 Å². The first-order valence-electron chi connectivity index (χ1n) is 4.46. The van der Waals surface area contributed by atoms with Crippen molar-refractivity contribution in [1.82, 2.24) is 0 Å². The van der Waals surface area contributed by atoms with E-state index < -0.39 is 0 Å². The maximum Gasteiger partial charge on any atom is 0.142 e. The predicted molar refractivity (Wildman–Crippen MR) is 55.8 cm³/mol. The SMILES string of the molecule is CC(C)(C)COc1ccccc1N. The second-order valence-corrected chi connectivity index (χ2v) is 4.39. The van der Waals surface area contributed by atoms with Gasteiger partial charge in [-0.2, -0.15) is 0 Å². The van der Waals surface area contributed by atoms with Crippen LogP contribution in [-0.4, -0.2) is 6.61 Å². The van der Waals surface area contributed by atoms with Gasteiger partial charge < -0.3 is 10.5 Å². The summed E-state index contributed by atoms with van der Waals surface area (Å²) in [7, 11) is 0. The van der Waals surface area contributed by atoms with Gasteiger partial charge in [0, 0.05) is 0 Å². The maximum absolute atomic E-state index is 5.72. The lowest BCUT2D eigenvalue weighted by atomic mass is 9.99. The van der Waals surface area contributed by atoms with Gasteiger partial charge in [-0.3, -0.25) is 0 Å². The van der Waals surface area contributed by atoms with E-state index in [1.54, 1.807) is 0 Å². The number of para-hydroxylation sites is 2. The Morgan fingerprint density at radius 2 is 1.85 bits per heavy atom. The highest BCUT2D eigenvalue weighted by Gasteiger charge is 2.11. The molecule has 1 aromatic rings. The molecule has 2 N–H and O–H groups in total. The average Bonchev–Trinajstić information content (AvgIpc) is 2.01. The van der Waals surface area contributed by atoms with E-state index in [4.69, 9.17) is 10.5 Å². The molecule has 0 aliphatic heterocycles. The van der Waals surface area contributed by atoms with Crippen molar-refractivity contribution in [1.29, 1.82) is 0 Å². The molecule has 0 aromatic heterocycles. The monoisotopic (exact) mass is 179 g/mol. The van der Waals surface area contributed by atoms with Gasteiger partial charge >= 0.3 is 0 Å². The van der Waals surface area contributed by atoms with E-state index in [2.05, 4.69) is 20.8 Å². The van der Waals surface area contributed by atoms with Crippen molar-refractivity contribution >= 4 is 5.69 Å². The van der Waals surface area contributed by atoms with Gasteiger partial charge in [-0.25, -0.2) is 0 Å². The van der Waals surface area contributed by atoms with Gasteiger partial charge in [0.15, 0.2) is 0 Å². The fraction of sp³-hybridized carbons (Fsp3) is 0.455. The number of anilines is 1. The summed E-state index contributed by atoms with van der Waals surface area (Å²) in [6.45, 7) is 7.08. The van der Waals surface area contributed by atoms with Crippen LogP contribution in [-0.2, 0) is 0 Å². The Morgan fingerprint density at radius 3 is 2.38 bits per heavy atom. The minimum atomic E-state index is 0.169. The van der Waals surface area contributed by atoms with Crippen molar-refractivity contribution in [2.45, 2.75) is 20.8 Å². The highest BCUT2D eigenvalue weighted by Crippen LogP contribution is 2.22. The van der Waals surface area contributed by atoms with Gasteiger partial charge in [-0.1, -0.05) is 32.9 Å². The van der Waals surface area contributed by atoms with E-state index in [-0.39, 0.29) is 5.41 Å². The van der Waals surface area contributed by atoms with E-state index >= 15 is 0 Å². The standard InChI is InChI=1S/C11H17NO/c1-11(2,3)8-13-10-7-5-4-6-9(10)12/h4-7H,8,12H2,1-3H3. The summed E-state index contributed by atoms with van der Waals surface area (Å²) < 4.78 is 5.58. The number of benzene rings is 1. The van der Waals surface area contributed by atoms with Crippen molar-refractivity contribution in [2.24, 2.45) is 5.41 Å².